The molecule has 0 unspecified atom stereocenters. The molecule has 26 heteroatoms. The fraction of sp³-hybridized carbons (Fsp3) is 0.481. The van der Waals surface area contributed by atoms with E-state index in [2.05, 4.69) is 42.5 Å². The predicted octanol–water partition coefficient (Wildman–Crippen LogP) is -2.13. The molecule has 0 saturated carbocycles. The van der Waals surface area contributed by atoms with E-state index in [0.717, 1.165) is 21.6 Å². The Morgan fingerprint density at radius 1 is 0.667 bits per heavy atom. The van der Waals surface area contributed by atoms with Crippen molar-refractivity contribution in [3.8, 4) is 11.5 Å². The highest BCUT2D eigenvalue weighted by atomic mass is 33.1. The summed E-state index contributed by atoms with van der Waals surface area (Å²) in [5.74, 6) is -8.19. The first-order chi connectivity index (χ1) is 37.1. The van der Waals surface area contributed by atoms with Crippen LogP contribution < -0.4 is 65.5 Å². The van der Waals surface area contributed by atoms with E-state index in [1.807, 2.05) is 0 Å². The number of carbonyl (C=O) groups excluding carboxylic acids is 9. The molecule has 1 heterocycles. The van der Waals surface area contributed by atoms with Gasteiger partial charge in [-0.3, -0.25) is 43.2 Å². The summed E-state index contributed by atoms with van der Waals surface area (Å²) < 4.78 is -1.37. The van der Waals surface area contributed by atoms with Gasteiger partial charge >= 0.3 is 0 Å². The van der Waals surface area contributed by atoms with Gasteiger partial charge in [0.25, 0.3) is 0 Å². The van der Waals surface area contributed by atoms with Crippen molar-refractivity contribution in [1.29, 1.82) is 0 Å². The smallest absolute Gasteiger partial charge is 0.245 e. The van der Waals surface area contributed by atoms with Crippen molar-refractivity contribution in [2.45, 2.75) is 125 Å². The van der Waals surface area contributed by atoms with Gasteiger partial charge in [-0.05, 0) is 113 Å². The molecule has 19 N–H and O–H groups in total. The molecule has 78 heavy (non-hydrogen) atoms. The second kappa shape index (κ2) is 32.1. The maximum absolute atomic E-state index is 14.7. The van der Waals surface area contributed by atoms with Crippen LogP contribution in [0.3, 0.4) is 0 Å². The van der Waals surface area contributed by atoms with E-state index in [1.54, 1.807) is 56.3 Å². The Morgan fingerprint density at radius 3 is 1.78 bits per heavy atom. The van der Waals surface area contributed by atoms with Crippen LogP contribution in [0.2, 0.25) is 0 Å². The standard InChI is InChI=1S/C52H74N12O12S2/c1-52(2)43(64-45(70)35(55)24-31-14-18-33(66)19-15-31)51(76)62-38(26-32-16-20-34(67)21-17-32)46(71)57-27-42(68)58-40(28-65)49(74)61-39(25-30-10-4-3-5-11-30)48(73)63-41(29-77-78-52)50(75)60-37(13-7-9-23-54)47(72)59-36(44(56)69)12-6-8-22-53/h3-5,10-11,14-21,35-41,43,65-67H,6-9,12-13,22-29,53-55H2,1-2H3,(H2,56,69)(H,57,71)(H,58,68)(H,59,72)(H,60,75)(H,61,74)(H,62,76)(H,63,73)(H,64,70)/t35-,36-,37-,38-,39+,40-,41-,43+/m0/s1. The van der Waals surface area contributed by atoms with Gasteiger partial charge in [0.2, 0.25) is 53.2 Å². The Kier molecular flexibility index (Phi) is 26.1. The third kappa shape index (κ3) is 21.1. The summed E-state index contributed by atoms with van der Waals surface area (Å²) in [6, 6.07) is 9.06. The minimum Gasteiger partial charge on any atom is -0.508 e. The largest absolute Gasteiger partial charge is 0.508 e. The lowest BCUT2D eigenvalue weighted by Gasteiger charge is -2.35. The minimum absolute atomic E-state index is 0.0113. The van der Waals surface area contributed by atoms with E-state index in [9.17, 15) is 58.5 Å². The van der Waals surface area contributed by atoms with E-state index >= 15 is 0 Å². The molecule has 0 radical (unpaired) electrons. The van der Waals surface area contributed by atoms with Crippen LogP contribution in [0.1, 0.15) is 69.1 Å². The fourth-order valence-corrected chi connectivity index (χ4v) is 10.8. The number of unbranched alkanes of at least 4 members (excludes halogenated alkanes) is 2. The molecule has 3 aromatic rings. The highest BCUT2D eigenvalue weighted by molar-refractivity contribution is 8.77. The van der Waals surface area contributed by atoms with Crippen LogP contribution >= 0.6 is 21.6 Å². The van der Waals surface area contributed by atoms with Crippen LogP contribution in [0.5, 0.6) is 11.5 Å². The number of hydrogen-bond acceptors (Lipinski definition) is 17. The Morgan fingerprint density at radius 2 is 1.21 bits per heavy atom. The van der Waals surface area contributed by atoms with Crippen molar-refractivity contribution < 1.29 is 58.5 Å². The second-order valence-corrected chi connectivity index (χ2v) is 22.2. The van der Waals surface area contributed by atoms with E-state index < -0.39 is 119 Å². The van der Waals surface area contributed by atoms with Gasteiger partial charge in [-0.2, -0.15) is 0 Å². The molecule has 8 atom stereocenters. The van der Waals surface area contributed by atoms with Crippen molar-refractivity contribution in [3.63, 3.8) is 0 Å². The van der Waals surface area contributed by atoms with Gasteiger partial charge in [0.05, 0.1) is 19.2 Å². The molecule has 1 aliphatic heterocycles. The van der Waals surface area contributed by atoms with Crippen LogP contribution in [0.4, 0.5) is 0 Å². The number of carbonyl (C=O) groups is 9. The van der Waals surface area contributed by atoms with Gasteiger partial charge in [0.15, 0.2) is 0 Å². The normalized spacial score (nSPS) is 20.9. The first-order valence-corrected chi connectivity index (χ1v) is 27.8. The van der Waals surface area contributed by atoms with Crippen molar-refractivity contribution in [1.82, 2.24) is 42.5 Å². The summed E-state index contributed by atoms with van der Waals surface area (Å²) in [6.45, 7) is 2.09. The Balaban J connectivity index is 1.80. The highest BCUT2D eigenvalue weighted by Gasteiger charge is 2.41. The fourth-order valence-electron chi connectivity index (χ4n) is 8.02. The van der Waals surface area contributed by atoms with Gasteiger partial charge in [-0.25, -0.2) is 0 Å². The van der Waals surface area contributed by atoms with Crippen molar-refractivity contribution >= 4 is 74.8 Å². The molecule has 0 bridgehead atoms. The van der Waals surface area contributed by atoms with Crippen LogP contribution in [-0.4, -0.2) is 154 Å². The molecule has 0 aliphatic carbocycles. The lowest BCUT2D eigenvalue weighted by atomic mass is 9.99. The number of nitrogens with one attached hydrogen (secondary N) is 8. The first-order valence-electron chi connectivity index (χ1n) is 25.5. The second-order valence-electron chi connectivity index (χ2n) is 19.2. The first kappa shape index (κ1) is 63.6. The van der Waals surface area contributed by atoms with Crippen molar-refractivity contribution in [2.24, 2.45) is 22.9 Å². The minimum atomic E-state index is -1.66. The number of amides is 9. The molecule has 1 fully saturated rings. The predicted molar refractivity (Wildman–Crippen MR) is 294 cm³/mol. The molecule has 0 spiro atoms. The van der Waals surface area contributed by atoms with E-state index in [-0.39, 0.29) is 55.9 Å². The summed E-state index contributed by atoms with van der Waals surface area (Å²) >= 11 is 0. The maximum atomic E-state index is 14.7. The number of rotatable bonds is 22. The monoisotopic (exact) mass is 1120 g/mol. The van der Waals surface area contributed by atoms with Gasteiger partial charge in [-0.1, -0.05) is 76.2 Å². The van der Waals surface area contributed by atoms with Gasteiger partial charge in [0.1, 0.15) is 53.8 Å². The number of aliphatic hydroxyl groups excluding tert-OH is 1. The Labute approximate surface area is 460 Å². The quantitative estimate of drug-likeness (QED) is 0.0377. The number of phenols is 2. The van der Waals surface area contributed by atoms with E-state index in [4.69, 9.17) is 22.9 Å². The topological polar surface area (TPSA) is 415 Å². The average Bonchev–Trinajstić information content (AvgIpc) is 3.41. The summed E-state index contributed by atoms with van der Waals surface area (Å²) in [7, 11) is 2.00. The molecule has 9 amide bonds. The molecule has 24 nitrogen and oxygen atoms in total. The van der Waals surface area contributed by atoms with E-state index in [0.29, 0.717) is 48.9 Å². The van der Waals surface area contributed by atoms with Crippen molar-refractivity contribution in [3.05, 3.63) is 95.6 Å². The summed E-state index contributed by atoms with van der Waals surface area (Å²) in [6.07, 6.45) is 1.71. The van der Waals surface area contributed by atoms with Crippen LogP contribution in [0.15, 0.2) is 78.9 Å². The number of phenolic OH excluding ortho intramolecular Hbond substituents is 2. The third-order valence-electron chi connectivity index (χ3n) is 12.5. The van der Waals surface area contributed by atoms with Gasteiger partial charge in [0, 0.05) is 23.3 Å². The molecule has 4 rings (SSSR count). The maximum Gasteiger partial charge on any atom is 0.245 e. The number of hydrogen-bond donors (Lipinski definition) is 15. The van der Waals surface area contributed by atoms with Crippen LogP contribution in [-0.2, 0) is 62.4 Å². The lowest BCUT2D eigenvalue weighted by Crippen LogP contribution is -2.62. The molecule has 1 aliphatic rings. The zero-order valence-corrected chi connectivity index (χ0v) is 45.3. The summed E-state index contributed by atoms with van der Waals surface area (Å²) in [5, 5.41) is 51.0. The van der Waals surface area contributed by atoms with Gasteiger partial charge in [-0.15, -0.1) is 0 Å². The number of nitrogens with two attached hydrogens (primary N) is 4. The van der Waals surface area contributed by atoms with Crippen LogP contribution in [0.25, 0.3) is 0 Å². The summed E-state index contributed by atoms with van der Waals surface area (Å²) in [5.41, 5.74) is 25.1. The SMILES string of the molecule is CC1(C)SSC[C@@H](C(=O)N[C@@H](CCCCN)C(=O)N[C@@H](CCCCN)C(N)=O)NC(=O)[C@@H](Cc2ccccc2)NC(=O)[C@H](CO)NC(=O)CNC(=O)[C@H](Cc2ccc(O)cc2)NC(=O)[C@H]1NC(=O)[C@@H](N)Cc1ccc(O)cc1. The molecule has 0 aromatic heterocycles. The third-order valence-corrected chi connectivity index (χ3v) is 15.8. The van der Waals surface area contributed by atoms with Crippen LogP contribution in [0, 0.1) is 0 Å². The lowest BCUT2D eigenvalue weighted by molar-refractivity contribution is -0.135. The highest BCUT2D eigenvalue weighted by Crippen LogP contribution is 2.39. The Hall–Kier alpha value is -6.97. The number of aliphatic hydroxyl groups is 1. The Bertz CT molecular complexity index is 2490. The number of benzene rings is 3. The number of primary amides is 1. The average molecular weight is 1120 g/mol. The summed E-state index contributed by atoms with van der Waals surface area (Å²) in [4.78, 5) is 126. The number of aromatic hydroxyl groups is 2. The van der Waals surface area contributed by atoms with Gasteiger partial charge < -0.3 is 80.8 Å². The molecule has 1 saturated heterocycles. The zero-order valence-electron chi connectivity index (χ0n) is 43.7. The molecule has 426 valence electrons. The van der Waals surface area contributed by atoms with E-state index in [1.165, 1.54) is 36.4 Å². The molecular weight excluding hydrogens is 1050 g/mol. The van der Waals surface area contributed by atoms with Crippen molar-refractivity contribution in [2.75, 3.05) is 32.0 Å². The zero-order chi connectivity index (χ0) is 57.4. The molecule has 3 aromatic carbocycles. The molecular formula is C52H74N12O12S2.